The molecule has 2 heterocycles. The van der Waals surface area contributed by atoms with Crippen LogP contribution in [-0.4, -0.2) is 44.6 Å². The van der Waals surface area contributed by atoms with E-state index in [2.05, 4.69) is 22.4 Å². The Bertz CT molecular complexity index is 1080. The van der Waals surface area contributed by atoms with Gasteiger partial charge in [-0.15, -0.1) is 10.2 Å². The summed E-state index contributed by atoms with van der Waals surface area (Å²) in [7, 11) is 0. The molecule has 158 valence electrons. The predicted molar refractivity (Wildman–Crippen MR) is 120 cm³/mol. The van der Waals surface area contributed by atoms with Gasteiger partial charge in [-0.25, -0.2) is 0 Å². The van der Waals surface area contributed by atoms with Gasteiger partial charge in [-0.1, -0.05) is 72.5 Å². The van der Waals surface area contributed by atoms with Gasteiger partial charge in [0.1, 0.15) is 6.04 Å². The summed E-state index contributed by atoms with van der Waals surface area (Å²) in [6.45, 7) is 2.08. The van der Waals surface area contributed by atoms with Gasteiger partial charge in [0.05, 0.1) is 11.1 Å². The van der Waals surface area contributed by atoms with Crippen LogP contribution in [0.25, 0.3) is 0 Å². The van der Waals surface area contributed by atoms with Crippen LogP contribution in [0.2, 0.25) is 0 Å². The van der Waals surface area contributed by atoms with Crippen molar-refractivity contribution in [2.45, 2.75) is 30.1 Å². The van der Waals surface area contributed by atoms with Crippen LogP contribution in [0.1, 0.15) is 39.6 Å². The number of nitrogens with zero attached hydrogens (tertiary/aromatic N) is 3. The van der Waals surface area contributed by atoms with Crippen LogP contribution in [0, 0.1) is 0 Å². The number of hydrogen-bond acceptors (Lipinski definition) is 7. The number of imide groups is 1. The third kappa shape index (κ3) is 4.52. The maximum Gasteiger partial charge on any atom is 0.262 e. The molecule has 4 rings (SSSR count). The fourth-order valence-electron chi connectivity index (χ4n) is 3.33. The molecule has 1 aliphatic heterocycles. The maximum absolute atomic E-state index is 13.2. The first-order chi connectivity index (χ1) is 15.1. The van der Waals surface area contributed by atoms with Gasteiger partial charge in [0.2, 0.25) is 11.0 Å². The number of thioether (sulfide) groups is 1. The summed E-state index contributed by atoms with van der Waals surface area (Å²) in [5.74, 6) is -0.489. The Morgan fingerprint density at radius 1 is 1.03 bits per heavy atom. The number of nitrogens with one attached hydrogen (secondary N) is 1. The van der Waals surface area contributed by atoms with Crippen molar-refractivity contribution in [2.24, 2.45) is 0 Å². The molecule has 1 unspecified atom stereocenters. The second-order valence-electron chi connectivity index (χ2n) is 6.94. The maximum atomic E-state index is 13.2. The number of carbonyl (C=O) groups excluding carboxylic acids is 3. The largest absolute Gasteiger partial charge is 0.299 e. The minimum Gasteiger partial charge on any atom is -0.299 e. The molecule has 7 nitrogen and oxygen atoms in total. The van der Waals surface area contributed by atoms with Crippen LogP contribution in [-0.2, 0) is 11.2 Å². The average molecular weight is 453 g/mol. The van der Waals surface area contributed by atoms with Crippen molar-refractivity contribution in [3.8, 4) is 0 Å². The van der Waals surface area contributed by atoms with E-state index in [1.807, 2.05) is 30.3 Å². The van der Waals surface area contributed by atoms with Crippen molar-refractivity contribution < 1.29 is 14.4 Å². The van der Waals surface area contributed by atoms with E-state index in [4.69, 9.17) is 0 Å². The van der Waals surface area contributed by atoms with Gasteiger partial charge >= 0.3 is 0 Å². The third-order valence-electron chi connectivity index (χ3n) is 4.78. The second kappa shape index (κ2) is 9.40. The smallest absolute Gasteiger partial charge is 0.262 e. The van der Waals surface area contributed by atoms with Crippen LogP contribution in [0.15, 0.2) is 58.9 Å². The highest BCUT2D eigenvalue weighted by molar-refractivity contribution is 8.01. The third-order valence-corrected chi connectivity index (χ3v) is 6.96. The van der Waals surface area contributed by atoms with Crippen LogP contribution < -0.4 is 5.32 Å². The molecule has 9 heteroatoms. The zero-order valence-corrected chi connectivity index (χ0v) is 18.4. The molecular weight excluding hydrogens is 432 g/mol. The number of hydrogen-bond donors (Lipinski definition) is 1. The summed E-state index contributed by atoms with van der Waals surface area (Å²) in [6, 6.07) is 14.9. The molecule has 31 heavy (non-hydrogen) atoms. The van der Waals surface area contributed by atoms with E-state index in [0.717, 1.165) is 27.0 Å². The van der Waals surface area contributed by atoms with E-state index in [-0.39, 0.29) is 6.42 Å². The summed E-state index contributed by atoms with van der Waals surface area (Å²) < 4.78 is 0.762. The molecule has 0 bridgehead atoms. The summed E-state index contributed by atoms with van der Waals surface area (Å²) in [5, 5.41) is 11.2. The molecule has 3 aromatic rings. The Morgan fingerprint density at radius 3 is 2.32 bits per heavy atom. The molecule has 2 aromatic carbocycles. The number of rotatable bonds is 8. The van der Waals surface area contributed by atoms with Crippen molar-refractivity contribution in [3.63, 3.8) is 0 Å². The topological polar surface area (TPSA) is 92.3 Å². The van der Waals surface area contributed by atoms with Gasteiger partial charge in [0.15, 0.2) is 4.34 Å². The second-order valence-corrected chi connectivity index (χ2v) is 9.26. The lowest BCUT2D eigenvalue weighted by molar-refractivity contribution is -0.119. The number of aromatic nitrogens is 2. The van der Waals surface area contributed by atoms with E-state index in [1.54, 1.807) is 36.0 Å². The minimum atomic E-state index is -1.01. The molecule has 1 atom stereocenters. The quantitative estimate of drug-likeness (QED) is 0.317. The standard InChI is InChI=1S/C22H20N4O3S2/c1-2-12-30-22-25-24-21(31-22)23-18(27)17(13-14-8-4-3-5-9-14)26-19(28)15-10-6-7-11-16(15)20(26)29/h3-11,17H,2,12-13H2,1H3,(H,23,24,27). The van der Waals surface area contributed by atoms with E-state index in [0.29, 0.717) is 16.3 Å². The summed E-state index contributed by atoms with van der Waals surface area (Å²) in [5.41, 5.74) is 1.47. The Balaban J connectivity index is 1.60. The predicted octanol–water partition coefficient (Wildman–Crippen LogP) is 3.89. The zero-order valence-electron chi connectivity index (χ0n) is 16.8. The number of anilines is 1. The number of benzene rings is 2. The Kier molecular flexibility index (Phi) is 6.43. The lowest BCUT2D eigenvalue weighted by Crippen LogP contribution is -2.48. The van der Waals surface area contributed by atoms with Gasteiger partial charge in [-0.2, -0.15) is 0 Å². The average Bonchev–Trinajstić information content (AvgIpc) is 3.34. The molecule has 1 aliphatic rings. The van der Waals surface area contributed by atoms with Gasteiger partial charge < -0.3 is 0 Å². The van der Waals surface area contributed by atoms with Gasteiger partial charge in [-0.3, -0.25) is 24.6 Å². The van der Waals surface area contributed by atoms with Crippen molar-refractivity contribution in [2.75, 3.05) is 11.1 Å². The molecule has 3 amide bonds. The minimum absolute atomic E-state index is 0.203. The highest BCUT2D eigenvalue weighted by Gasteiger charge is 2.42. The molecule has 1 aromatic heterocycles. The highest BCUT2D eigenvalue weighted by Crippen LogP contribution is 2.29. The summed E-state index contributed by atoms with van der Waals surface area (Å²) >= 11 is 2.85. The molecule has 1 N–H and O–H groups in total. The Labute approximate surface area is 187 Å². The first-order valence-corrected chi connectivity index (χ1v) is 11.7. The van der Waals surface area contributed by atoms with E-state index < -0.39 is 23.8 Å². The van der Waals surface area contributed by atoms with Crippen LogP contribution in [0.5, 0.6) is 0 Å². The van der Waals surface area contributed by atoms with Gasteiger partial charge in [0.25, 0.3) is 11.8 Å². The lowest BCUT2D eigenvalue weighted by Gasteiger charge is -2.25. The molecule has 0 fully saturated rings. The fourth-order valence-corrected chi connectivity index (χ4v) is 5.01. The first-order valence-electron chi connectivity index (χ1n) is 9.86. The van der Waals surface area contributed by atoms with Crippen LogP contribution >= 0.6 is 23.1 Å². The Morgan fingerprint density at radius 2 is 1.68 bits per heavy atom. The normalized spacial score (nSPS) is 13.9. The highest BCUT2D eigenvalue weighted by atomic mass is 32.2. The number of fused-ring (bicyclic) bond motifs is 1. The molecule has 0 radical (unpaired) electrons. The van der Waals surface area contributed by atoms with E-state index in [1.165, 1.54) is 11.3 Å². The molecule has 0 spiro atoms. The molecule has 0 saturated carbocycles. The van der Waals surface area contributed by atoms with Crippen molar-refractivity contribution >= 4 is 46.0 Å². The van der Waals surface area contributed by atoms with Crippen molar-refractivity contribution in [1.29, 1.82) is 0 Å². The number of amides is 3. The van der Waals surface area contributed by atoms with Crippen molar-refractivity contribution in [1.82, 2.24) is 15.1 Å². The molecular formula is C22H20N4O3S2. The SMILES string of the molecule is CCCSc1nnc(NC(=O)C(Cc2ccccc2)N2C(=O)c3ccccc3C2=O)s1. The first kappa shape index (κ1) is 21.2. The lowest BCUT2D eigenvalue weighted by atomic mass is 10.0. The van der Waals surface area contributed by atoms with E-state index in [9.17, 15) is 14.4 Å². The molecule has 0 aliphatic carbocycles. The van der Waals surface area contributed by atoms with Crippen LogP contribution in [0.4, 0.5) is 5.13 Å². The zero-order chi connectivity index (χ0) is 21.8. The number of carbonyl (C=O) groups is 3. The van der Waals surface area contributed by atoms with Gasteiger partial charge in [0, 0.05) is 12.2 Å². The van der Waals surface area contributed by atoms with Crippen LogP contribution in [0.3, 0.4) is 0 Å². The summed E-state index contributed by atoms with van der Waals surface area (Å²) in [4.78, 5) is 40.3. The van der Waals surface area contributed by atoms with E-state index >= 15 is 0 Å². The van der Waals surface area contributed by atoms with Gasteiger partial charge in [-0.05, 0) is 24.1 Å². The summed E-state index contributed by atoms with van der Waals surface area (Å²) in [6.07, 6.45) is 1.21. The Hall–Kier alpha value is -3.04. The monoisotopic (exact) mass is 452 g/mol. The fraction of sp³-hybridized carbons (Fsp3) is 0.227. The molecule has 0 saturated heterocycles. The van der Waals surface area contributed by atoms with Crippen molar-refractivity contribution in [3.05, 3.63) is 71.3 Å².